The van der Waals surface area contributed by atoms with Gasteiger partial charge < -0.3 is 10.4 Å². The number of benzene rings is 1. The van der Waals surface area contributed by atoms with Gasteiger partial charge in [-0.1, -0.05) is 12.1 Å². The second-order valence-electron chi connectivity index (χ2n) is 4.04. The van der Waals surface area contributed by atoms with Crippen molar-refractivity contribution in [3.8, 4) is 0 Å². The molecule has 0 unspecified atom stereocenters. The van der Waals surface area contributed by atoms with Crippen molar-refractivity contribution in [1.82, 2.24) is 10.2 Å². The van der Waals surface area contributed by atoms with Crippen molar-refractivity contribution in [1.29, 1.82) is 0 Å². The molecule has 96 valence electrons. The molecule has 3 nitrogen and oxygen atoms in total. The summed E-state index contributed by atoms with van der Waals surface area (Å²) in [6.07, 6.45) is 0. The summed E-state index contributed by atoms with van der Waals surface area (Å²) in [7, 11) is 0. The number of hydrogen-bond acceptors (Lipinski definition) is 3. The van der Waals surface area contributed by atoms with Gasteiger partial charge in [-0.15, -0.1) is 12.4 Å². The molecule has 0 aromatic heterocycles. The molecule has 5 heteroatoms. The molecule has 0 saturated carbocycles. The molecule has 1 fully saturated rings. The maximum atomic E-state index is 9.56. The molecule has 1 saturated heterocycles. The van der Waals surface area contributed by atoms with E-state index in [0.29, 0.717) is 0 Å². The van der Waals surface area contributed by atoms with Crippen molar-refractivity contribution in [2.24, 2.45) is 0 Å². The Balaban J connectivity index is 0.00000144. The van der Waals surface area contributed by atoms with Crippen molar-refractivity contribution >= 4 is 35.0 Å². The lowest BCUT2D eigenvalue weighted by Gasteiger charge is -2.34. The first-order valence-electron chi connectivity index (χ1n) is 5.62. The van der Waals surface area contributed by atoms with E-state index < -0.39 is 0 Å². The minimum absolute atomic E-state index is 0. The summed E-state index contributed by atoms with van der Waals surface area (Å²) >= 11 is 2.31. The first-order valence-corrected chi connectivity index (χ1v) is 6.70. The maximum absolute atomic E-state index is 9.56. The summed E-state index contributed by atoms with van der Waals surface area (Å²) in [5.41, 5.74) is 1.22. The smallest absolute Gasteiger partial charge is 0.0628 e. The highest BCUT2D eigenvalue weighted by Gasteiger charge is 2.21. The van der Waals surface area contributed by atoms with Crippen LogP contribution in [0.3, 0.4) is 0 Å². The summed E-state index contributed by atoms with van der Waals surface area (Å²) < 4.78 is 1.23. The largest absolute Gasteiger partial charge is 0.394 e. The van der Waals surface area contributed by atoms with E-state index in [0.717, 1.165) is 26.2 Å². The van der Waals surface area contributed by atoms with Crippen LogP contribution in [0.4, 0.5) is 0 Å². The molecular weight excluding hydrogens is 351 g/mol. The number of aliphatic hydroxyl groups excluding tert-OH is 1. The van der Waals surface area contributed by atoms with Gasteiger partial charge >= 0.3 is 0 Å². The third-order valence-electron chi connectivity index (χ3n) is 3.00. The zero-order chi connectivity index (χ0) is 11.4. The van der Waals surface area contributed by atoms with Crippen LogP contribution in [0.5, 0.6) is 0 Å². The summed E-state index contributed by atoms with van der Waals surface area (Å²) in [5.74, 6) is 0. The Bertz CT molecular complexity index is 345. The molecule has 1 atom stereocenters. The van der Waals surface area contributed by atoms with Crippen molar-refractivity contribution in [3.05, 3.63) is 33.4 Å². The first-order chi connectivity index (χ1) is 7.81. The molecule has 2 N–H and O–H groups in total. The van der Waals surface area contributed by atoms with Crippen LogP contribution in [0.2, 0.25) is 0 Å². The lowest BCUT2D eigenvalue weighted by molar-refractivity contribution is 0.111. The van der Waals surface area contributed by atoms with Gasteiger partial charge in [0.25, 0.3) is 0 Å². The molecule has 0 amide bonds. The van der Waals surface area contributed by atoms with Crippen LogP contribution in [0.25, 0.3) is 0 Å². The lowest BCUT2D eigenvalue weighted by atomic mass is 10.1. The third-order valence-corrected chi connectivity index (χ3v) is 3.67. The molecule has 1 aromatic carbocycles. The Hall–Kier alpha value is 0.120. The fourth-order valence-corrected chi connectivity index (χ4v) is 2.71. The SMILES string of the molecule is Cl.OC[C@@H](c1cccc(I)c1)N1CCNCC1. The van der Waals surface area contributed by atoms with E-state index in [1.165, 1.54) is 9.13 Å². The minimum Gasteiger partial charge on any atom is -0.394 e. The second kappa shape index (κ2) is 7.53. The lowest BCUT2D eigenvalue weighted by Crippen LogP contribution is -2.46. The monoisotopic (exact) mass is 368 g/mol. The Morgan fingerprint density at radius 2 is 2.06 bits per heavy atom. The topological polar surface area (TPSA) is 35.5 Å². The zero-order valence-electron chi connectivity index (χ0n) is 9.60. The molecule has 0 aliphatic carbocycles. The summed E-state index contributed by atoms with van der Waals surface area (Å²) in [6.45, 7) is 4.24. The molecule has 0 bridgehead atoms. The van der Waals surface area contributed by atoms with E-state index in [1.807, 2.05) is 0 Å². The van der Waals surface area contributed by atoms with E-state index >= 15 is 0 Å². The molecule has 1 aliphatic heterocycles. The van der Waals surface area contributed by atoms with Gasteiger partial charge in [-0.3, -0.25) is 4.90 Å². The molecule has 1 heterocycles. The van der Waals surface area contributed by atoms with Crippen molar-refractivity contribution in [2.45, 2.75) is 6.04 Å². The van der Waals surface area contributed by atoms with Gasteiger partial charge in [0.1, 0.15) is 0 Å². The quantitative estimate of drug-likeness (QED) is 0.797. The molecule has 0 radical (unpaired) electrons. The minimum atomic E-state index is 0. The number of rotatable bonds is 3. The maximum Gasteiger partial charge on any atom is 0.0628 e. The highest BCUT2D eigenvalue weighted by molar-refractivity contribution is 14.1. The van der Waals surface area contributed by atoms with Gasteiger partial charge in [-0.25, -0.2) is 0 Å². The van der Waals surface area contributed by atoms with Crippen LogP contribution < -0.4 is 5.32 Å². The van der Waals surface area contributed by atoms with Crippen molar-refractivity contribution < 1.29 is 5.11 Å². The molecule has 0 spiro atoms. The predicted octanol–water partition coefficient (Wildman–Crippen LogP) is 1.65. The van der Waals surface area contributed by atoms with Crippen LogP contribution in [0.1, 0.15) is 11.6 Å². The Labute approximate surface area is 122 Å². The highest BCUT2D eigenvalue weighted by atomic mass is 127. The summed E-state index contributed by atoms with van der Waals surface area (Å²) in [4.78, 5) is 2.35. The number of halogens is 2. The van der Waals surface area contributed by atoms with Gasteiger partial charge in [0, 0.05) is 29.7 Å². The molecule has 2 rings (SSSR count). The van der Waals surface area contributed by atoms with Gasteiger partial charge in [0.15, 0.2) is 0 Å². The highest BCUT2D eigenvalue weighted by Crippen LogP contribution is 2.22. The van der Waals surface area contributed by atoms with E-state index in [-0.39, 0.29) is 25.1 Å². The molecular formula is C12H18ClIN2O. The number of aliphatic hydroxyl groups is 1. The predicted molar refractivity (Wildman–Crippen MR) is 80.7 cm³/mol. The van der Waals surface area contributed by atoms with Crippen LogP contribution in [-0.4, -0.2) is 42.8 Å². The molecule has 1 aliphatic rings. The van der Waals surface area contributed by atoms with Crippen LogP contribution in [0, 0.1) is 3.57 Å². The molecule has 1 aromatic rings. The number of piperazine rings is 1. The van der Waals surface area contributed by atoms with Crippen LogP contribution in [-0.2, 0) is 0 Å². The van der Waals surface area contributed by atoms with Crippen LogP contribution in [0.15, 0.2) is 24.3 Å². The average Bonchev–Trinajstić information content (AvgIpc) is 2.31. The van der Waals surface area contributed by atoms with Crippen molar-refractivity contribution in [3.63, 3.8) is 0 Å². The third kappa shape index (κ3) is 4.06. The van der Waals surface area contributed by atoms with Gasteiger partial charge in [0.05, 0.1) is 12.6 Å². The number of nitrogens with one attached hydrogen (secondary N) is 1. The van der Waals surface area contributed by atoms with E-state index in [4.69, 9.17) is 0 Å². The van der Waals surface area contributed by atoms with Gasteiger partial charge in [0.2, 0.25) is 0 Å². The Morgan fingerprint density at radius 1 is 1.35 bits per heavy atom. The first kappa shape index (κ1) is 15.2. The summed E-state index contributed by atoms with van der Waals surface area (Å²) in [6, 6.07) is 8.55. The van der Waals surface area contributed by atoms with Crippen molar-refractivity contribution in [2.75, 3.05) is 32.8 Å². The Kier molecular flexibility index (Phi) is 6.72. The summed E-state index contributed by atoms with van der Waals surface area (Å²) in [5, 5.41) is 12.9. The zero-order valence-corrected chi connectivity index (χ0v) is 12.6. The van der Waals surface area contributed by atoms with E-state index in [9.17, 15) is 5.11 Å². The van der Waals surface area contributed by atoms with E-state index in [2.05, 4.69) is 57.1 Å². The average molecular weight is 369 g/mol. The van der Waals surface area contributed by atoms with Crippen LogP contribution >= 0.6 is 35.0 Å². The number of hydrogen-bond donors (Lipinski definition) is 2. The Morgan fingerprint density at radius 3 is 2.65 bits per heavy atom. The number of nitrogens with zero attached hydrogens (tertiary/aromatic N) is 1. The van der Waals surface area contributed by atoms with E-state index in [1.54, 1.807) is 0 Å². The standard InChI is InChI=1S/C12H17IN2O.ClH/c13-11-3-1-2-10(8-11)12(9-16)15-6-4-14-5-7-15;/h1-3,8,12,14,16H,4-7,9H2;1H/t12-;/m0./s1. The normalized spacial score (nSPS) is 18.5. The second-order valence-corrected chi connectivity index (χ2v) is 5.28. The fraction of sp³-hybridized carbons (Fsp3) is 0.500. The molecule has 17 heavy (non-hydrogen) atoms. The fourth-order valence-electron chi connectivity index (χ4n) is 2.14. The van der Waals surface area contributed by atoms with Gasteiger partial charge in [-0.05, 0) is 40.3 Å². The van der Waals surface area contributed by atoms with Gasteiger partial charge in [-0.2, -0.15) is 0 Å².